The normalized spacial score (nSPS) is 13.0. The molecule has 0 aliphatic heterocycles. The summed E-state index contributed by atoms with van der Waals surface area (Å²) in [5, 5.41) is 0. The van der Waals surface area contributed by atoms with Crippen molar-refractivity contribution in [2.45, 2.75) is 78.0 Å². The quantitative estimate of drug-likeness (QED) is 0.129. The second-order valence-corrected chi connectivity index (χ2v) is 11.2. The molecule has 0 bridgehead atoms. The molecule has 2 aromatic heterocycles. The van der Waals surface area contributed by atoms with Crippen molar-refractivity contribution in [3.63, 3.8) is 0 Å². The highest BCUT2D eigenvalue weighted by molar-refractivity contribution is 5.71. The Bertz CT molecular complexity index is 1200. The number of aromatic nitrogens is 4. The SMILES string of the molecule is CCCN(CCC)CCCCN(CC(=O)OC)Cc1ccc(CN(C(C)c2ncc[nH]2)C(CC(=O)OC)c2ncc[nH]2)cc1. The van der Waals surface area contributed by atoms with Gasteiger partial charge in [-0.05, 0) is 69.9 Å². The molecule has 2 unspecified atom stereocenters. The van der Waals surface area contributed by atoms with E-state index in [1.807, 2.05) is 0 Å². The molecule has 0 radical (unpaired) electrons. The molecule has 3 rings (SSSR count). The predicted molar refractivity (Wildman–Crippen MR) is 170 cm³/mol. The third-order valence-corrected chi connectivity index (χ3v) is 7.89. The van der Waals surface area contributed by atoms with Crippen molar-refractivity contribution in [1.29, 1.82) is 0 Å². The Balaban J connectivity index is 1.72. The number of nitrogens with one attached hydrogen (secondary N) is 2. The Morgan fingerprint density at radius 2 is 1.32 bits per heavy atom. The molecule has 0 aliphatic rings. The average molecular weight is 610 g/mol. The number of carbonyl (C=O) groups excluding carboxylic acids is 2. The highest BCUT2D eigenvalue weighted by atomic mass is 16.5. The molecule has 242 valence electrons. The summed E-state index contributed by atoms with van der Waals surface area (Å²) in [6.45, 7) is 12.2. The van der Waals surface area contributed by atoms with Crippen LogP contribution in [0.5, 0.6) is 0 Å². The number of hydrogen-bond acceptors (Lipinski definition) is 9. The lowest BCUT2D eigenvalue weighted by Gasteiger charge is -2.34. The Hall–Kier alpha value is -3.54. The van der Waals surface area contributed by atoms with Gasteiger partial charge in [0.05, 0.1) is 39.3 Å². The van der Waals surface area contributed by atoms with Crippen LogP contribution in [0, 0.1) is 0 Å². The molecule has 0 spiro atoms. The van der Waals surface area contributed by atoms with Crippen LogP contribution in [0.4, 0.5) is 0 Å². The zero-order chi connectivity index (χ0) is 31.7. The molecule has 0 saturated carbocycles. The minimum absolute atomic E-state index is 0.134. The van der Waals surface area contributed by atoms with Crippen LogP contribution >= 0.6 is 0 Å². The molecule has 2 N–H and O–H groups in total. The third kappa shape index (κ3) is 11.2. The molecule has 1 aromatic carbocycles. The second-order valence-electron chi connectivity index (χ2n) is 11.2. The Kier molecular flexibility index (Phi) is 15.1. The van der Waals surface area contributed by atoms with Crippen molar-refractivity contribution in [2.75, 3.05) is 46.9 Å². The first-order valence-corrected chi connectivity index (χ1v) is 15.8. The van der Waals surface area contributed by atoms with E-state index in [4.69, 9.17) is 9.47 Å². The number of imidazole rings is 2. The van der Waals surface area contributed by atoms with Gasteiger partial charge in [0.2, 0.25) is 0 Å². The van der Waals surface area contributed by atoms with Gasteiger partial charge in [0.1, 0.15) is 11.6 Å². The van der Waals surface area contributed by atoms with Crippen LogP contribution in [-0.4, -0.2) is 93.5 Å². The highest BCUT2D eigenvalue weighted by Crippen LogP contribution is 2.32. The minimum Gasteiger partial charge on any atom is -0.469 e. The third-order valence-electron chi connectivity index (χ3n) is 7.89. The van der Waals surface area contributed by atoms with E-state index in [9.17, 15) is 9.59 Å². The van der Waals surface area contributed by atoms with Gasteiger partial charge in [-0.3, -0.25) is 19.4 Å². The van der Waals surface area contributed by atoms with Gasteiger partial charge in [-0.2, -0.15) is 0 Å². The zero-order valence-electron chi connectivity index (χ0n) is 27.1. The maximum Gasteiger partial charge on any atom is 0.319 e. The van der Waals surface area contributed by atoms with E-state index < -0.39 is 0 Å². The minimum atomic E-state index is -0.349. The van der Waals surface area contributed by atoms with Crippen molar-refractivity contribution < 1.29 is 19.1 Å². The van der Waals surface area contributed by atoms with E-state index in [1.54, 1.807) is 24.8 Å². The number of esters is 2. The molecule has 11 nitrogen and oxygen atoms in total. The first-order valence-electron chi connectivity index (χ1n) is 15.8. The monoisotopic (exact) mass is 609 g/mol. The molecular formula is C33H51N7O4. The fourth-order valence-corrected chi connectivity index (χ4v) is 5.57. The summed E-state index contributed by atoms with van der Waals surface area (Å²) >= 11 is 0. The van der Waals surface area contributed by atoms with Crippen LogP contribution in [0.1, 0.15) is 87.7 Å². The van der Waals surface area contributed by atoms with Gasteiger partial charge < -0.3 is 24.3 Å². The molecule has 0 saturated heterocycles. The predicted octanol–water partition coefficient (Wildman–Crippen LogP) is 4.88. The van der Waals surface area contributed by atoms with Crippen LogP contribution in [0.25, 0.3) is 0 Å². The summed E-state index contributed by atoms with van der Waals surface area (Å²) in [5.74, 6) is 0.954. The summed E-state index contributed by atoms with van der Waals surface area (Å²) in [7, 11) is 2.84. The number of aromatic amines is 2. The number of H-pyrrole nitrogens is 2. The average Bonchev–Trinajstić information content (AvgIpc) is 3.77. The van der Waals surface area contributed by atoms with E-state index >= 15 is 0 Å². The van der Waals surface area contributed by atoms with E-state index in [2.05, 4.69) is 79.7 Å². The molecule has 0 amide bonds. The van der Waals surface area contributed by atoms with E-state index in [1.165, 1.54) is 27.1 Å². The van der Waals surface area contributed by atoms with E-state index in [-0.39, 0.29) is 37.0 Å². The van der Waals surface area contributed by atoms with Gasteiger partial charge in [0, 0.05) is 37.9 Å². The van der Waals surface area contributed by atoms with Crippen molar-refractivity contribution in [2.24, 2.45) is 0 Å². The first-order chi connectivity index (χ1) is 21.4. The largest absolute Gasteiger partial charge is 0.469 e. The summed E-state index contributed by atoms with van der Waals surface area (Å²) < 4.78 is 10.0. The fraction of sp³-hybridized carbons (Fsp3) is 0.576. The van der Waals surface area contributed by atoms with E-state index in [0.717, 1.165) is 56.0 Å². The maximum atomic E-state index is 12.5. The topological polar surface area (TPSA) is 120 Å². The number of carbonyl (C=O) groups is 2. The van der Waals surface area contributed by atoms with Gasteiger partial charge in [-0.15, -0.1) is 0 Å². The molecular weight excluding hydrogens is 558 g/mol. The molecule has 3 aromatic rings. The highest BCUT2D eigenvalue weighted by Gasteiger charge is 2.31. The van der Waals surface area contributed by atoms with E-state index in [0.29, 0.717) is 18.9 Å². The molecule has 11 heteroatoms. The van der Waals surface area contributed by atoms with Gasteiger partial charge in [0.25, 0.3) is 0 Å². The molecule has 2 heterocycles. The van der Waals surface area contributed by atoms with Gasteiger partial charge in [-0.25, -0.2) is 9.97 Å². The standard InChI is InChI=1S/C33H51N7O4/c1-6-18-38(19-7-2)20-8-9-21-39(25-31(42)44-5)23-27-10-12-28(13-11-27)24-40(26(3)32-34-14-15-35-32)29(22-30(41)43-4)33-36-16-17-37-33/h10-17,26,29H,6-9,18-25H2,1-5H3,(H,34,35)(H,36,37). The van der Waals surface area contributed by atoms with Crippen LogP contribution in [-0.2, 0) is 32.2 Å². The fourth-order valence-electron chi connectivity index (χ4n) is 5.57. The number of unbranched alkanes of at least 4 members (excludes halogenated alkanes) is 1. The van der Waals surface area contributed by atoms with Crippen LogP contribution in [0.3, 0.4) is 0 Å². The van der Waals surface area contributed by atoms with Gasteiger partial charge in [0.15, 0.2) is 0 Å². The number of benzene rings is 1. The molecule has 2 atom stereocenters. The number of rotatable bonds is 21. The van der Waals surface area contributed by atoms with Crippen molar-refractivity contribution in [3.05, 3.63) is 71.8 Å². The maximum absolute atomic E-state index is 12.5. The molecule has 0 fully saturated rings. The smallest absolute Gasteiger partial charge is 0.319 e. The number of methoxy groups -OCH3 is 2. The lowest BCUT2D eigenvalue weighted by atomic mass is 10.0. The lowest BCUT2D eigenvalue weighted by Crippen LogP contribution is -2.34. The van der Waals surface area contributed by atoms with Crippen molar-refractivity contribution in [3.8, 4) is 0 Å². The van der Waals surface area contributed by atoms with Crippen molar-refractivity contribution >= 4 is 11.9 Å². The molecule has 44 heavy (non-hydrogen) atoms. The number of hydrogen-bond donors (Lipinski definition) is 2. The van der Waals surface area contributed by atoms with Gasteiger partial charge in [-0.1, -0.05) is 38.1 Å². The zero-order valence-corrected chi connectivity index (χ0v) is 27.1. The number of nitrogens with zero attached hydrogens (tertiary/aromatic N) is 5. The Labute approximate surface area is 262 Å². The number of ether oxygens (including phenoxy) is 2. The Morgan fingerprint density at radius 3 is 1.84 bits per heavy atom. The van der Waals surface area contributed by atoms with Crippen LogP contribution in [0.15, 0.2) is 49.1 Å². The second kappa shape index (κ2) is 19.0. The lowest BCUT2D eigenvalue weighted by molar-refractivity contribution is -0.143. The summed E-state index contributed by atoms with van der Waals surface area (Å²) in [5.41, 5.74) is 2.21. The van der Waals surface area contributed by atoms with Crippen LogP contribution < -0.4 is 0 Å². The summed E-state index contributed by atoms with van der Waals surface area (Å²) in [6, 6.07) is 7.96. The van der Waals surface area contributed by atoms with Gasteiger partial charge >= 0.3 is 11.9 Å². The summed E-state index contributed by atoms with van der Waals surface area (Å²) in [6.07, 6.45) is 11.6. The Morgan fingerprint density at radius 1 is 0.773 bits per heavy atom. The van der Waals surface area contributed by atoms with Crippen molar-refractivity contribution in [1.82, 2.24) is 34.6 Å². The molecule has 0 aliphatic carbocycles. The first kappa shape index (κ1) is 34.9. The van der Waals surface area contributed by atoms with Crippen LogP contribution in [0.2, 0.25) is 0 Å². The summed E-state index contributed by atoms with van der Waals surface area (Å²) in [4.78, 5) is 46.9.